The summed E-state index contributed by atoms with van der Waals surface area (Å²) in [4.78, 5) is 44.2. The molecular formula is C30H35N3O8S. The average molecular weight is 598 g/mol. The van der Waals surface area contributed by atoms with Crippen LogP contribution in [0, 0.1) is 6.92 Å². The van der Waals surface area contributed by atoms with Gasteiger partial charge in [0, 0.05) is 6.54 Å². The van der Waals surface area contributed by atoms with Crippen LogP contribution in [0.25, 0.3) is 21.0 Å². The standard InChI is InChI=1S/C23H23N3O6S.C7H12O2/c1-13-16-19(27)26(23(2,3)21(28)29)22(30)25(11-9-14-7-5-6-8-15(14)31-4)20(16)33-17(13)18-24-10-12-32-18;8-5-3-6-1-2-7(4-5)9-6/h5-8,10,12H,9,11H2,1-4H3,(H,28,29);5-8H,1-4H2. The lowest BCUT2D eigenvalue weighted by Crippen LogP contribution is -2.52. The number of aliphatic hydroxyl groups is 1. The lowest BCUT2D eigenvalue weighted by atomic mass is 10.1. The van der Waals surface area contributed by atoms with Gasteiger partial charge in [0.05, 0.1) is 41.9 Å². The molecule has 42 heavy (non-hydrogen) atoms. The van der Waals surface area contributed by atoms with Crippen molar-refractivity contribution in [1.82, 2.24) is 14.1 Å². The Labute approximate surface area is 246 Å². The summed E-state index contributed by atoms with van der Waals surface area (Å²) in [6, 6.07) is 7.46. The zero-order chi connectivity index (χ0) is 30.2. The molecule has 2 aliphatic heterocycles. The van der Waals surface area contributed by atoms with E-state index in [1.54, 1.807) is 14.0 Å². The predicted molar refractivity (Wildman–Crippen MR) is 157 cm³/mol. The van der Waals surface area contributed by atoms with Gasteiger partial charge in [-0.1, -0.05) is 18.2 Å². The monoisotopic (exact) mass is 597 g/mol. The number of carboxylic acid groups (broad SMARTS) is 1. The van der Waals surface area contributed by atoms with Gasteiger partial charge in [-0.3, -0.25) is 9.36 Å². The van der Waals surface area contributed by atoms with Gasteiger partial charge in [0.25, 0.3) is 5.56 Å². The Balaban J connectivity index is 0.000000330. The number of hydrogen-bond acceptors (Lipinski definition) is 9. The highest BCUT2D eigenvalue weighted by Crippen LogP contribution is 2.36. The fourth-order valence-electron chi connectivity index (χ4n) is 5.64. The number of ether oxygens (including phenoxy) is 2. The molecule has 4 aromatic rings. The van der Waals surface area contributed by atoms with Crippen molar-refractivity contribution in [3.05, 3.63) is 68.7 Å². The Morgan fingerprint density at radius 3 is 2.50 bits per heavy atom. The minimum atomic E-state index is -1.74. The van der Waals surface area contributed by atoms with Crippen LogP contribution < -0.4 is 16.0 Å². The molecule has 0 aliphatic carbocycles. The number of fused-ring (bicyclic) bond motifs is 3. The summed E-state index contributed by atoms with van der Waals surface area (Å²) in [7, 11) is 1.57. The summed E-state index contributed by atoms with van der Waals surface area (Å²) >= 11 is 1.22. The molecule has 12 heteroatoms. The third-order valence-corrected chi connectivity index (χ3v) is 9.29. The van der Waals surface area contributed by atoms with Gasteiger partial charge in [0.15, 0.2) is 0 Å². The van der Waals surface area contributed by atoms with E-state index in [9.17, 15) is 24.6 Å². The second-order valence-electron chi connectivity index (χ2n) is 11.2. The van der Waals surface area contributed by atoms with Crippen molar-refractivity contribution in [2.24, 2.45) is 0 Å². The maximum absolute atomic E-state index is 13.5. The summed E-state index contributed by atoms with van der Waals surface area (Å²) in [5.41, 5.74) is -1.61. The molecule has 0 saturated carbocycles. The number of para-hydroxylation sites is 1. The SMILES string of the molecule is COc1ccccc1CCn1c(=O)n(C(C)(C)C(=O)O)c(=O)c2c(C)c(-c3ncco3)sc21.OC1CC2CCC(C1)O2. The predicted octanol–water partition coefficient (Wildman–Crippen LogP) is 3.95. The molecule has 2 unspecified atom stereocenters. The van der Waals surface area contributed by atoms with Crippen LogP contribution in [-0.4, -0.2) is 55.7 Å². The minimum Gasteiger partial charge on any atom is -0.496 e. The second kappa shape index (κ2) is 11.9. The molecule has 2 aliphatic rings. The highest BCUT2D eigenvalue weighted by molar-refractivity contribution is 7.22. The van der Waals surface area contributed by atoms with Crippen molar-refractivity contribution in [3.63, 3.8) is 0 Å². The van der Waals surface area contributed by atoms with Gasteiger partial charge in [-0.15, -0.1) is 11.3 Å². The molecular weight excluding hydrogens is 562 g/mol. The largest absolute Gasteiger partial charge is 0.496 e. The first-order valence-corrected chi connectivity index (χ1v) is 14.7. The van der Waals surface area contributed by atoms with Gasteiger partial charge in [-0.25, -0.2) is 19.1 Å². The van der Waals surface area contributed by atoms with E-state index >= 15 is 0 Å². The zero-order valence-corrected chi connectivity index (χ0v) is 24.8. The number of rotatable bonds is 7. The Hall–Kier alpha value is -3.74. The quantitative estimate of drug-likeness (QED) is 0.323. The summed E-state index contributed by atoms with van der Waals surface area (Å²) < 4.78 is 18.6. The average Bonchev–Trinajstić information content (AvgIpc) is 3.68. The Morgan fingerprint density at radius 1 is 1.19 bits per heavy atom. The van der Waals surface area contributed by atoms with Crippen LogP contribution in [0.3, 0.4) is 0 Å². The van der Waals surface area contributed by atoms with Crippen LogP contribution in [0.2, 0.25) is 0 Å². The van der Waals surface area contributed by atoms with E-state index in [2.05, 4.69) is 4.98 Å². The molecule has 0 radical (unpaired) electrons. The second-order valence-corrected chi connectivity index (χ2v) is 12.2. The number of benzene rings is 1. The first-order chi connectivity index (χ1) is 20.0. The molecule has 3 aromatic heterocycles. The molecule has 2 bridgehead atoms. The molecule has 5 heterocycles. The molecule has 11 nitrogen and oxygen atoms in total. The van der Waals surface area contributed by atoms with Crippen molar-refractivity contribution >= 4 is 27.5 Å². The number of oxazole rings is 1. The van der Waals surface area contributed by atoms with E-state index in [1.165, 1.54) is 55.1 Å². The number of carboxylic acids is 1. The van der Waals surface area contributed by atoms with E-state index in [0.717, 1.165) is 23.0 Å². The van der Waals surface area contributed by atoms with Gasteiger partial charge in [0.1, 0.15) is 22.4 Å². The van der Waals surface area contributed by atoms with Crippen LogP contribution in [0.5, 0.6) is 5.75 Å². The zero-order valence-electron chi connectivity index (χ0n) is 24.0. The highest BCUT2D eigenvalue weighted by Gasteiger charge is 2.36. The Morgan fingerprint density at radius 2 is 1.88 bits per heavy atom. The van der Waals surface area contributed by atoms with Crippen LogP contribution in [0.15, 0.2) is 50.7 Å². The first-order valence-electron chi connectivity index (χ1n) is 13.9. The van der Waals surface area contributed by atoms with Crippen LogP contribution in [0.4, 0.5) is 0 Å². The lowest BCUT2D eigenvalue weighted by Gasteiger charge is -2.24. The third-order valence-electron chi connectivity index (χ3n) is 7.98. The summed E-state index contributed by atoms with van der Waals surface area (Å²) in [6.45, 7) is 4.64. The maximum Gasteiger partial charge on any atom is 0.333 e. The van der Waals surface area contributed by atoms with Crippen LogP contribution in [-0.2, 0) is 28.0 Å². The fourth-order valence-corrected chi connectivity index (χ4v) is 6.90. The number of hydrogen-bond donors (Lipinski definition) is 2. The van der Waals surface area contributed by atoms with E-state index < -0.39 is 22.8 Å². The van der Waals surface area contributed by atoms with Crippen LogP contribution >= 0.6 is 11.3 Å². The van der Waals surface area contributed by atoms with Crippen molar-refractivity contribution in [2.75, 3.05) is 7.11 Å². The number of carbonyl (C=O) groups is 1. The van der Waals surface area contributed by atoms with Crippen LogP contribution in [0.1, 0.15) is 50.7 Å². The highest BCUT2D eigenvalue weighted by atomic mass is 32.1. The molecule has 0 spiro atoms. The van der Waals surface area contributed by atoms with Crippen molar-refractivity contribution in [1.29, 1.82) is 0 Å². The number of aromatic nitrogens is 3. The van der Waals surface area contributed by atoms with E-state index in [4.69, 9.17) is 13.9 Å². The number of methoxy groups -OCH3 is 1. The third kappa shape index (κ3) is 5.53. The maximum atomic E-state index is 13.5. The van der Waals surface area contributed by atoms with E-state index in [0.29, 0.717) is 45.5 Å². The van der Waals surface area contributed by atoms with Crippen molar-refractivity contribution in [2.45, 2.75) is 83.3 Å². The van der Waals surface area contributed by atoms with E-state index in [-0.39, 0.29) is 18.0 Å². The molecule has 2 N–H and O–H groups in total. The number of aliphatic hydroxyl groups excluding tert-OH is 1. The Kier molecular flexibility index (Phi) is 8.40. The molecule has 2 atom stereocenters. The molecule has 2 fully saturated rings. The van der Waals surface area contributed by atoms with E-state index in [1.807, 2.05) is 24.3 Å². The number of aliphatic carboxylic acids is 1. The summed E-state index contributed by atoms with van der Waals surface area (Å²) in [5, 5.41) is 19.3. The van der Waals surface area contributed by atoms with Gasteiger partial charge in [-0.2, -0.15) is 0 Å². The first kappa shape index (κ1) is 29.7. The summed E-state index contributed by atoms with van der Waals surface area (Å²) in [5.74, 6) is -0.261. The van der Waals surface area contributed by atoms with Gasteiger partial charge < -0.3 is 24.1 Å². The Bertz CT molecular complexity index is 1690. The molecule has 1 aromatic carbocycles. The van der Waals surface area contributed by atoms with Crippen molar-refractivity contribution < 1.29 is 28.9 Å². The topological polar surface area (TPSA) is 146 Å². The lowest BCUT2D eigenvalue weighted by molar-refractivity contribution is -0.146. The van der Waals surface area contributed by atoms with Gasteiger partial charge in [0.2, 0.25) is 5.89 Å². The molecule has 224 valence electrons. The number of thiophene rings is 1. The summed E-state index contributed by atoms with van der Waals surface area (Å²) in [6.07, 6.45) is 8.15. The van der Waals surface area contributed by atoms with Gasteiger partial charge >= 0.3 is 11.7 Å². The molecule has 6 rings (SSSR count). The van der Waals surface area contributed by atoms with Gasteiger partial charge in [-0.05, 0) is 70.1 Å². The number of aryl methyl sites for hydroxylation is 3. The smallest absolute Gasteiger partial charge is 0.333 e. The number of nitrogens with zero attached hydrogens (tertiary/aromatic N) is 3. The minimum absolute atomic E-state index is 0.0729. The fraction of sp³-hybridized carbons (Fsp3) is 0.467. The van der Waals surface area contributed by atoms with Crippen molar-refractivity contribution in [3.8, 4) is 16.5 Å². The molecule has 2 saturated heterocycles. The normalized spacial score (nSPS) is 19.9. The molecule has 0 amide bonds.